The monoisotopic (exact) mass is 242 g/mol. The summed E-state index contributed by atoms with van der Waals surface area (Å²) in [5, 5.41) is 20.1. The summed E-state index contributed by atoms with van der Waals surface area (Å²) in [4.78, 5) is 11.6. The molecule has 1 aromatic heterocycles. The molecule has 0 radical (unpaired) electrons. The van der Waals surface area contributed by atoms with Crippen LogP contribution in [0.3, 0.4) is 0 Å². The van der Waals surface area contributed by atoms with E-state index in [1.54, 1.807) is 0 Å². The highest BCUT2D eigenvalue weighted by atomic mass is 19.1. The van der Waals surface area contributed by atoms with Crippen molar-refractivity contribution in [3.8, 4) is 0 Å². The maximum absolute atomic E-state index is 14.1. The van der Waals surface area contributed by atoms with E-state index < -0.39 is 28.7 Å². The smallest absolute Gasteiger partial charge is 0.283 e. The lowest BCUT2D eigenvalue weighted by molar-refractivity contribution is -0.0288. The first-order valence-electron chi connectivity index (χ1n) is 6.22. The fourth-order valence-electron chi connectivity index (χ4n) is 2.42. The first-order chi connectivity index (χ1) is 8.38. The summed E-state index contributed by atoms with van der Waals surface area (Å²) in [7, 11) is 0. The van der Waals surface area contributed by atoms with Gasteiger partial charge in [0.1, 0.15) is 11.3 Å². The first-order valence-corrected chi connectivity index (χ1v) is 5.72. The minimum Gasteiger partial charge on any atom is -0.425 e. The molecule has 1 heterocycles. The van der Waals surface area contributed by atoms with Crippen LogP contribution in [0.1, 0.15) is 44.7 Å². The third-order valence-electron chi connectivity index (χ3n) is 3.36. The quantitative estimate of drug-likeness (QED) is 0.736. The van der Waals surface area contributed by atoms with E-state index >= 15 is 0 Å². The molecule has 0 saturated heterocycles. The summed E-state index contributed by atoms with van der Waals surface area (Å²) in [5.41, 5.74) is -3.06. The fourth-order valence-corrected chi connectivity index (χ4v) is 2.42. The summed E-state index contributed by atoms with van der Waals surface area (Å²) in [5.74, 6) is -0.869. The average molecular weight is 242 g/mol. The van der Waals surface area contributed by atoms with Crippen LogP contribution in [-0.4, -0.2) is 15.0 Å². The van der Waals surface area contributed by atoms with E-state index in [-0.39, 0.29) is 10.3 Å². The highest BCUT2D eigenvalue weighted by molar-refractivity contribution is 5.24. The van der Waals surface area contributed by atoms with Crippen LogP contribution in [0.2, 0.25) is 0 Å². The molecule has 0 bridgehead atoms. The number of aliphatic hydroxyl groups is 1. The average Bonchev–Trinajstić information content (AvgIpc) is 2.35. The minimum absolute atomic E-state index is 0.0932. The SMILES string of the molecule is [2H]c1c(C)c(F)c(C2(O)CCCCC2)n(O)c1=O. The van der Waals surface area contributed by atoms with Crippen LogP contribution in [0.25, 0.3) is 0 Å². The Morgan fingerprint density at radius 3 is 2.65 bits per heavy atom. The van der Waals surface area contributed by atoms with Gasteiger partial charge in [0, 0.05) is 6.04 Å². The van der Waals surface area contributed by atoms with E-state index in [1.807, 2.05) is 0 Å². The maximum atomic E-state index is 14.1. The molecular formula is C12H16FNO3. The zero-order valence-corrected chi connectivity index (χ0v) is 9.66. The molecule has 0 atom stereocenters. The van der Waals surface area contributed by atoms with Crippen molar-refractivity contribution in [2.45, 2.75) is 44.6 Å². The van der Waals surface area contributed by atoms with Crippen LogP contribution in [0.4, 0.5) is 4.39 Å². The van der Waals surface area contributed by atoms with Gasteiger partial charge in [-0.05, 0) is 25.3 Å². The van der Waals surface area contributed by atoms with Crippen molar-refractivity contribution in [2.24, 2.45) is 0 Å². The molecule has 0 aliphatic heterocycles. The lowest BCUT2D eigenvalue weighted by Gasteiger charge is -2.33. The molecule has 1 aliphatic rings. The summed E-state index contributed by atoms with van der Waals surface area (Å²) >= 11 is 0. The summed E-state index contributed by atoms with van der Waals surface area (Å²) < 4.78 is 21.6. The minimum atomic E-state index is -1.52. The number of hydrogen-bond donors (Lipinski definition) is 2. The normalized spacial score (nSPS) is 20.1. The Bertz CT molecular complexity index is 535. The van der Waals surface area contributed by atoms with Crippen molar-refractivity contribution in [1.82, 2.24) is 4.73 Å². The molecule has 1 aromatic rings. The number of nitrogens with zero attached hydrogens (tertiary/aromatic N) is 1. The van der Waals surface area contributed by atoms with E-state index in [9.17, 15) is 19.5 Å². The molecule has 1 saturated carbocycles. The predicted molar refractivity (Wildman–Crippen MR) is 59.6 cm³/mol. The van der Waals surface area contributed by atoms with E-state index in [1.165, 1.54) is 6.92 Å². The van der Waals surface area contributed by atoms with Gasteiger partial charge in [-0.25, -0.2) is 4.39 Å². The molecular weight excluding hydrogens is 225 g/mol. The molecule has 1 aliphatic carbocycles. The van der Waals surface area contributed by atoms with Crippen LogP contribution < -0.4 is 5.56 Å². The largest absolute Gasteiger partial charge is 0.425 e. The van der Waals surface area contributed by atoms with Crippen LogP contribution in [0.15, 0.2) is 10.8 Å². The van der Waals surface area contributed by atoms with Gasteiger partial charge in [-0.3, -0.25) is 4.79 Å². The number of rotatable bonds is 1. The van der Waals surface area contributed by atoms with E-state index in [0.29, 0.717) is 25.7 Å². The van der Waals surface area contributed by atoms with Crippen molar-refractivity contribution >= 4 is 0 Å². The highest BCUT2D eigenvalue weighted by Gasteiger charge is 2.37. The summed E-state index contributed by atoms with van der Waals surface area (Å²) in [6, 6.07) is -0.585. The maximum Gasteiger partial charge on any atom is 0.283 e. The molecule has 0 spiro atoms. The van der Waals surface area contributed by atoms with Gasteiger partial charge in [0.25, 0.3) is 5.56 Å². The van der Waals surface area contributed by atoms with E-state index in [0.717, 1.165) is 6.42 Å². The second-order valence-corrected chi connectivity index (χ2v) is 4.62. The van der Waals surface area contributed by atoms with Crippen molar-refractivity contribution in [3.63, 3.8) is 0 Å². The Kier molecular flexibility index (Phi) is 2.63. The summed E-state index contributed by atoms with van der Waals surface area (Å²) in [6.45, 7) is 1.30. The van der Waals surface area contributed by atoms with Crippen LogP contribution in [0.5, 0.6) is 0 Å². The number of hydrogen-bond acceptors (Lipinski definition) is 3. The predicted octanol–water partition coefficient (Wildman–Crippen LogP) is 1.68. The fraction of sp³-hybridized carbons (Fsp3) is 0.583. The Morgan fingerprint density at radius 2 is 2.06 bits per heavy atom. The molecule has 0 amide bonds. The van der Waals surface area contributed by atoms with Gasteiger partial charge < -0.3 is 10.3 Å². The molecule has 17 heavy (non-hydrogen) atoms. The molecule has 1 fully saturated rings. The number of aromatic nitrogens is 1. The van der Waals surface area contributed by atoms with Gasteiger partial charge in [-0.2, -0.15) is 0 Å². The second-order valence-electron chi connectivity index (χ2n) is 4.62. The van der Waals surface area contributed by atoms with Crippen molar-refractivity contribution in [1.29, 1.82) is 0 Å². The van der Waals surface area contributed by atoms with Crippen LogP contribution >= 0.6 is 0 Å². The van der Waals surface area contributed by atoms with Crippen molar-refractivity contribution in [2.75, 3.05) is 0 Å². The zero-order chi connectivity index (χ0) is 13.5. The molecule has 2 N–H and O–H groups in total. The van der Waals surface area contributed by atoms with Gasteiger partial charge in [0.05, 0.1) is 1.37 Å². The van der Waals surface area contributed by atoms with Crippen LogP contribution in [0, 0.1) is 12.7 Å². The van der Waals surface area contributed by atoms with Gasteiger partial charge in [-0.15, -0.1) is 4.73 Å². The van der Waals surface area contributed by atoms with Gasteiger partial charge in [0.15, 0.2) is 5.82 Å². The third kappa shape index (κ3) is 1.95. The van der Waals surface area contributed by atoms with E-state index in [4.69, 9.17) is 1.37 Å². The molecule has 2 rings (SSSR count). The standard InChI is InChI=1S/C12H16FNO3/c1-8-7-9(15)14(17)11(10(8)13)12(16)5-3-2-4-6-12/h7,16-17H,2-6H2,1H3/i7D. The Balaban J connectivity index is 2.67. The Morgan fingerprint density at radius 1 is 1.47 bits per heavy atom. The lowest BCUT2D eigenvalue weighted by atomic mass is 9.81. The van der Waals surface area contributed by atoms with Crippen molar-refractivity contribution < 1.29 is 16.1 Å². The van der Waals surface area contributed by atoms with E-state index in [2.05, 4.69) is 0 Å². The molecule has 94 valence electrons. The lowest BCUT2D eigenvalue weighted by Crippen LogP contribution is -2.37. The molecule has 0 aromatic carbocycles. The summed E-state index contributed by atoms with van der Waals surface area (Å²) in [6.07, 6.45) is 2.98. The number of pyridine rings is 1. The van der Waals surface area contributed by atoms with Crippen molar-refractivity contribution in [3.05, 3.63) is 33.5 Å². The molecule has 0 unspecified atom stereocenters. The third-order valence-corrected chi connectivity index (χ3v) is 3.36. The highest BCUT2D eigenvalue weighted by Crippen LogP contribution is 2.37. The Hall–Kier alpha value is -1.36. The Labute approximate surface area is 99.7 Å². The van der Waals surface area contributed by atoms with Crippen LogP contribution in [-0.2, 0) is 5.60 Å². The second kappa shape index (κ2) is 4.14. The van der Waals surface area contributed by atoms with Gasteiger partial charge >= 0.3 is 0 Å². The topological polar surface area (TPSA) is 62.5 Å². The zero-order valence-electron chi connectivity index (χ0n) is 10.7. The van der Waals surface area contributed by atoms with Gasteiger partial charge in [-0.1, -0.05) is 19.3 Å². The molecule has 4 nitrogen and oxygen atoms in total. The number of halogens is 1. The first kappa shape index (κ1) is 10.8. The molecule has 5 heteroatoms. The van der Waals surface area contributed by atoms with Gasteiger partial charge in [0.2, 0.25) is 0 Å².